The van der Waals surface area contributed by atoms with Crippen LogP contribution in [0.3, 0.4) is 0 Å². The molecule has 0 unspecified atom stereocenters. The number of aromatic amines is 2. The minimum Gasteiger partial charge on any atom is -0.489 e. The highest BCUT2D eigenvalue weighted by molar-refractivity contribution is 5.94. The minimum absolute atomic E-state index is 0.202. The first-order chi connectivity index (χ1) is 18.3. The lowest BCUT2D eigenvalue weighted by molar-refractivity contribution is 0.162. The van der Waals surface area contributed by atoms with Crippen LogP contribution in [0, 0.1) is 0 Å². The molecule has 0 aromatic carbocycles. The van der Waals surface area contributed by atoms with Crippen molar-refractivity contribution in [1.82, 2.24) is 45.4 Å². The molecule has 182 valence electrons. The summed E-state index contributed by atoms with van der Waals surface area (Å²) in [5.41, 5.74) is 7.27. The number of hydrogen-bond acceptors (Lipinski definition) is 8. The molecule has 0 saturated carbocycles. The van der Waals surface area contributed by atoms with Crippen LogP contribution < -0.4 is 10.1 Å². The summed E-state index contributed by atoms with van der Waals surface area (Å²) < 4.78 is 6.19. The van der Waals surface area contributed by atoms with Gasteiger partial charge in [0.15, 0.2) is 17.2 Å². The van der Waals surface area contributed by atoms with Crippen molar-refractivity contribution in [3.8, 4) is 39.7 Å². The third kappa shape index (κ3) is 4.07. The molecule has 6 aromatic rings. The van der Waals surface area contributed by atoms with Gasteiger partial charge in [-0.05, 0) is 67.9 Å². The number of pyridine rings is 4. The van der Waals surface area contributed by atoms with Gasteiger partial charge >= 0.3 is 0 Å². The highest BCUT2D eigenvalue weighted by Crippen LogP contribution is 2.31. The monoisotopic (exact) mass is 489 g/mol. The quantitative estimate of drug-likeness (QED) is 0.329. The van der Waals surface area contributed by atoms with E-state index in [0.717, 1.165) is 65.1 Å². The topological polar surface area (TPSA) is 130 Å². The molecule has 1 saturated heterocycles. The molecule has 0 amide bonds. The Labute approximate surface area is 211 Å². The summed E-state index contributed by atoms with van der Waals surface area (Å²) in [4.78, 5) is 26.1. The first-order valence-electron chi connectivity index (χ1n) is 12.3. The van der Waals surface area contributed by atoms with Crippen LogP contribution in [0.15, 0.2) is 67.4 Å². The lowest BCUT2D eigenvalue weighted by atomic mass is 10.1. The molecule has 0 spiro atoms. The zero-order valence-electron chi connectivity index (χ0n) is 19.8. The van der Waals surface area contributed by atoms with E-state index in [1.54, 1.807) is 31.0 Å². The van der Waals surface area contributed by atoms with Crippen molar-refractivity contribution in [2.45, 2.75) is 18.9 Å². The van der Waals surface area contributed by atoms with Gasteiger partial charge in [0, 0.05) is 35.9 Å². The van der Waals surface area contributed by atoms with Crippen molar-refractivity contribution >= 4 is 22.2 Å². The van der Waals surface area contributed by atoms with Crippen LogP contribution in [0.4, 0.5) is 0 Å². The van der Waals surface area contributed by atoms with Gasteiger partial charge in [0.05, 0.1) is 17.4 Å². The van der Waals surface area contributed by atoms with Crippen molar-refractivity contribution < 1.29 is 4.74 Å². The number of imidazole rings is 1. The highest BCUT2D eigenvalue weighted by atomic mass is 16.5. The number of aromatic nitrogens is 8. The number of rotatable bonds is 5. The molecule has 7 heterocycles. The van der Waals surface area contributed by atoms with E-state index in [1.165, 1.54) is 0 Å². The van der Waals surface area contributed by atoms with Crippen LogP contribution in [0.2, 0.25) is 0 Å². The molecular weight excluding hydrogens is 466 g/mol. The molecule has 0 atom stereocenters. The average Bonchev–Trinajstić information content (AvgIpc) is 3.58. The fraction of sp³-hybridized carbons (Fsp3) is 0.185. The summed E-state index contributed by atoms with van der Waals surface area (Å²) >= 11 is 0. The molecule has 3 N–H and O–H groups in total. The molecule has 37 heavy (non-hydrogen) atoms. The molecule has 1 aliphatic heterocycles. The first kappa shape index (κ1) is 21.6. The Hall–Kier alpha value is -4.70. The maximum atomic E-state index is 6.19. The van der Waals surface area contributed by atoms with Crippen LogP contribution in [0.1, 0.15) is 12.8 Å². The standard InChI is InChI=1S/C27H23N9O/c1-2-22-24(32-21(1)17-13-19(15-30-14-17)37-18-5-10-29-11-6-18)25(36-35-22)27-33-23-20(7-12-31-26(23)34-27)16-3-8-28-9-4-16/h1-4,7-9,12-15,18,29H,5-6,10-11H2,(H,35,36)(H,31,33,34). The van der Waals surface area contributed by atoms with Crippen LogP contribution in [-0.2, 0) is 0 Å². The Bertz CT molecular complexity index is 1700. The van der Waals surface area contributed by atoms with Gasteiger partial charge in [-0.2, -0.15) is 5.10 Å². The van der Waals surface area contributed by atoms with E-state index in [-0.39, 0.29) is 6.10 Å². The normalized spacial score (nSPS) is 14.4. The predicted octanol–water partition coefficient (Wildman–Crippen LogP) is 4.15. The van der Waals surface area contributed by atoms with Crippen LogP contribution >= 0.6 is 0 Å². The van der Waals surface area contributed by atoms with E-state index < -0.39 is 0 Å². The van der Waals surface area contributed by atoms with Gasteiger partial charge in [0.2, 0.25) is 0 Å². The Morgan fingerprint density at radius 1 is 0.838 bits per heavy atom. The predicted molar refractivity (Wildman–Crippen MR) is 140 cm³/mol. The van der Waals surface area contributed by atoms with E-state index >= 15 is 0 Å². The molecule has 0 aliphatic carbocycles. The Kier molecular flexibility index (Phi) is 5.29. The second kappa shape index (κ2) is 9.07. The van der Waals surface area contributed by atoms with Crippen molar-refractivity contribution in [2.75, 3.05) is 13.1 Å². The van der Waals surface area contributed by atoms with Gasteiger partial charge in [-0.1, -0.05) is 0 Å². The van der Waals surface area contributed by atoms with E-state index in [4.69, 9.17) is 14.7 Å². The van der Waals surface area contributed by atoms with Crippen molar-refractivity contribution in [2.24, 2.45) is 0 Å². The summed E-state index contributed by atoms with van der Waals surface area (Å²) in [5, 5.41) is 11.0. The van der Waals surface area contributed by atoms with Gasteiger partial charge in [-0.3, -0.25) is 15.1 Å². The number of nitrogens with zero attached hydrogens (tertiary/aromatic N) is 6. The number of piperidine rings is 1. The maximum absolute atomic E-state index is 6.19. The largest absolute Gasteiger partial charge is 0.489 e. The van der Waals surface area contributed by atoms with Crippen molar-refractivity contribution in [1.29, 1.82) is 0 Å². The van der Waals surface area contributed by atoms with Gasteiger partial charge in [-0.25, -0.2) is 15.0 Å². The van der Waals surface area contributed by atoms with Crippen molar-refractivity contribution in [3.05, 3.63) is 67.4 Å². The number of ether oxygens (including phenoxy) is 1. The number of hydrogen-bond donors (Lipinski definition) is 3. The number of fused-ring (bicyclic) bond motifs is 2. The Morgan fingerprint density at radius 3 is 2.62 bits per heavy atom. The van der Waals surface area contributed by atoms with Gasteiger partial charge < -0.3 is 15.0 Å². The third-order valence-corrected chi connectivity index (χ3v) is 6.61. The molecule has 6 aromatic heterocycles. The molecule has 0 radical (unpaired) electrons. The minimum atomic E-state index is 0.202. The average molecular weight is 490 g/mol. The second-order valence-corrected chi connectivity index (χ2v) is 9.02. The fourth-order valence-corrected chi connectivity index (χ4v) is 4.74. The first-order valence-corrected chi connectivity index (χ1v) is 12.3. The Morgan fingerprint density at radius 2 is 1.73 bits per heavy atom. The Balaban J connectivity index is 1.26. The maximum Gasteiger partial charge on any atom is 0.162 e. The van der Waals surface area contributed by atoms with E-state index in [2.05, 4.69) is 35.5 Å². The SMILES string of the molecule is c1cc(-c2ccnc3[nH]c(-c4n[nH]c5ccc(-c6cncc(OC7CCNCC7)c6)nc45)nc23)ccn1. The van der Waals surface area contributed by atoms with Gasteiger partial charge in [-0.15, -0.1) is 0 Å². The molecule has 1 fully saturated rings. The molecular formula is C27H23N9O. The summed E-state index contributed by atoms with van der Waals surface area (Å²) in [5.74, 6) is 1.35. The molecule has 7 rings (SSSR count). The lowest BCUT2D eigenvalue weighted by Gasteiger charge is -2.23. The van der Waals surface area contributed by atoms with Crippen LogP contribution in [0.5, 0.6) is 5.75 Å². The molecule has 0 bridgehead atoms. The fourth-order valence-electron chi connectivity index (χ4n) is 4.74. The molecule has 10 nitrogen and oxygen atoms in total. The van der Waals surface area contributed by atoms with Crippen molar-refractivity contribution in [3.63, 3.8) is 0 Å². The summed E-state index contributed by atoms with van der Waals surface area (Å²) in [7, 11) is 0. The number of H-pyrrole nitrogens is 2. The van der Waals surface area contributed by atoms with Crippen LogP contribution in [-0.4, -0.2) is 59.3 Å². The zero-order chi connectivity index (χ0) is 24.6. The smallest absolute Gasteiger partial charge is 0.162 e. The van der Waals surface area contributed by atoms with Crippen LogP contribution in [0.25, 0.3) is 56.1 Å². The summed E-state index contributed by atoms with van der Waals surface area (Å²) in [6, 6.07) is 11.8. The second-order valence-electron chi connectivity index (χ2n) is 9.02. The summed E-state index contributed by atoms with van der Waals surface area (Å²) in [6.07, 6.45) is 11.0. The van der Waals surface area contributed by atoms with E-state index in [1.807, 2.05) is 36.4 Å². The van der Waals surface area contributed by atoms with Gasteiger partial charge in [0.1, 0.15) is 22.9 Å². The summed E-state index contributed by atoms with van der Waals surface area (Å²) in [6.45, 7) is 1.95. The molecule has 1 aliphatic rings. The third-order valence-electron chi connectivity index (χ3n) is 6.61. The van der Waals surface area contributed by atoms with E-state index in [0.29, 0.717) is 22.7 Å². The number of nitrogens with one attached hydrogen (secondary N) is 3. The zero-order valence-corrected chi connectivity index (χ0v) is 19.8. The molecule has 10 heteroatoms. The highest BCUT2D eigenvalue weighted by Gasteiger charge is 2.18. The lowest BCUT2D eigenvalue weighted by Crippen LogP contribution is -2.34. The van der Waals surface area contributed by atoms with Gasteiger partial charge in [0.25, 0.3) is 0 Å². The van der Waals surface area contributed by atoms with E-state index in [9.17, 15) is 0 Å².